The lowest BCUT2D eigenvalue weighted by Gasteiger charge is -2.10. The molecule has 1 N–H and O–H groups in total. The molecule has 0 atom stereocenters. The number of esters is 1. The number of carbonyl (C=O) groups excluding carboxylic acids is 2. The molecule has 2 aromatic carbocycles. The lowest BCUT2D eigenvalue weighted by atomic mass is 10.1. The van der Waals surface area contributed by atoms with Crippen molar-refractivity contribution in [2.45, 2.75) is 6.42 Å². The van der Waals surface area contributed by atoms with Crippen molar-refractivity contribution in [3.63, 3.8) is 0 Å². The Morgan fingerprint density at radius 2 is 1.77 bits per heavy atom. The van der Waals surface area contributed by atoms with E-state index in [1.807, 2.05) is 12.1 Å². The number of carbonyl (C=O) groups is 2. The molecular weight excluding hydrogens is 390 g/mol. The number of hydrogen-bond donors (Lipinski definition) is 1. The molecule has 0 saturated carbocycles. The Bertz CT molecular complexity index is 1120. The van der Waals surface area contributed by atoms with Crippen LogP contribution in [0, 0.1) is 0 Å². The third kappa shape index (κ3) is 4.96. The SMILES string of the molecule is COc1ccc(CCNC(=O)COC(=O)c2cc(=O)c3ccccc3o2)cc1OC. The van der Waals surface area contributed by atoms with Crippen LogP contribution in [0.4, 0.5) is 0 Å². The van der Waals surface area contributed by atoms with Gasteiger partial charge in [0.15, 0.2) is 23.5 Å². The van der Waals surface area contributed by atoms with E-state index >= 15 is 0 Å². The lowest BCUT2D eigenvalue weighted by molar-refractivity contribution is -0.124. The van der Waals surface area contributed by atoms with Crippen molar-refractivity contribution in [3.05, 3.63) is 70.1 Å². The van der Waals surface area contributed by atoms with Crippen molar-refractivity contribution in [1.29, 1.82) is 0 Å². The zero-order chi connectivity index (χ0) is 21.5. The van der Waals surface area contributed by atoms with Crippen LogP contribution in [-0.4, -0.2) is 39.2 Å². The second-order valence-electron chi connectivity index (χ2n) is 6.34. The van der Waals surface area contributed by atoms with Gasteiger partial charge in [0.2, 0.25) is 5.76 Å². The molecule has 0 fully saturated rings. The third-order valence-corrected chi connectivity index (χ3v) is 4.35. The molecule has 1 aromatic heterocycles. The predicted octanol–water partition coefficient (Wildman–Crippen LogP) is 2.33. The van der Waals surface area contributed by atoms with Crippen molar-refractivity contribution in [2.75, 3.05) is 27.4 Å². The minimum absolute atomic E-state index is 0.253. The Morgan fingerprint density at radius 3 is 2.53 bits per heavy atom. The number of nitrogens with one attached hydrogen (secondary N) is 1. The van der Waals surface area contributed by atoms with Crippen LogP contribution in [0.1, 0.15) is 16.1 Å². The summed E-state index contributed by atoms with van der Waals surface area (Å²) in [4.78, 5) is 36.1. The molecule has 0 radical (unpaired) electrons. The van der Waals surface area contributed by atoms with Crippen LogP contribution in [0.15, 0.2) is 57.7 Å². The summed E-state index contributed by atoms with van der Waals surface area (Å²) in [7, 11) is 3.11. The molecule has 0 aliphatic heterocycles. The molecule has 0 aliphatic rings. The van der Waals surface area contributed by atoms with Gasteiger partial charge in [-0.25, -0.2) is 4.79 Å². The Kier molecular flexibility index (Phi) is 6.69. The van der Waals surface area contributed by atoms with E-state index in [-0.39, 0.29) is 16.8 Å². The first-order chi connectivity index (χ1) is 14.5. The summed E-state index contributed by atoms with van der Waals surface area (Å²) in [6, 6.07) is 13.1. The fourth-order valence-electron chi connectivity index (χ4n) is 2.84. The van der Waals surface area contributed by atoms with E-state index < -0.39 is 18.5 Å². The standard InChI is InChI=1S/C22H21NO7/c1-27-18-8-7-14(11-19(18)28-2)9-10-23-21(25)13-29-22(26)20-12-16(24)15-5-3-4-6-17(15)30-20/h3-8,11-12H,9-10,13H2,1-2H3,(H,23,25). The largest absolute Gasteiger partial charge is 0.493 e. The number of para-hydroxylation sites is 1. The minimum atomic E-state index is -0.882. The first kappa shape index (κ1) is 20.9. The van der Waals surface area contributed by atoms with Crippen molar-refractivity contribution in [1.82, 2.24) is 5.32 Å². The number of methoxy groups -OCH3 is 2. The van der Waals surface area contributed by atoms with Gasteiger partial charge in [0.25, 0.3) is 5.91 Å². The molecule has 0 unspecified atom stereocenters. The van der Waals surface area contributed by atoms with Gasteiger partial charge >= 0.3 is 5.97 Å². The molecule has 0 saturated heterocycles. The summed E-state index contributed by atoms with van der Waals surface area (Å²) in [5.74, 6) is -0.374. The maximum Gasteiger partial charge on any atom is 0.374 e. The number of benzene rings is 2. The maximum atomic E-state index is 12.1. The predicted molar refractivity (Wildman–Crippen MR) is 109 cm³/mol. The number of hydrogen-bond acceptors (Lipinski definition) is 7. The fraction of sp³-hybridized carbons (Fsp3) is 0.227. The second kappa shape index (κ2) is 9.60. The number of rotatable bonds is 8. The fourth-order valence-corrected chi connectivity index (χ4v) is 2.84. The zero-order valence-electron chi connectivity index (χ0n) is 16.6. The third-order valence-electron chi connectivity index (χ3n) is 4.35. The van der Waals surface area contributed by atoms with E-state index in [1.54, 1.807) is 44.6 Å². The number of ether oxygens (including phenoxy) is 3. The summed E-state index contributed by atoms with van der Waals surface area (Å²) in [5.41, 5.74) is 0.863. The molecule has 156 valence electrons. The average Bonchev–Trinajstić information content (AvgIpc) is 2.77. The Balaban J connectivity index is 1.50. The molecule has 0 spiro atoms. The van der Waals surface area contributed by atoms with Crippen LogP contribution in [0.25, 0.3) is 11.0 Å². The molecule has 1 amide bonds. The molecule has 8 heteroatoms. The van der Waals surface area contributed by atoms with Gasteiger partial charge < -0.3 is 23.9 Å². The van der Waals surface area contributed by atoms with Gasteiger partial charge in [0, 0.05) is 12.6 Å². The summed E-state index contributed by atoms with van der Waals surface area (Å²) < 4.78 is 20.8. The van der Waals surface area contributed by atoms with E-state index in [9.17, 15) is 14.4 Å². The van der Waals surface area contributed by atoms with Gasteiger partial charge in [0.1, 0.15) is 5.58 Å². The van der Waals surface area contributed by atoms with E-state index in [1.165, 1.54) is 0 Å². The first-order valence-corrected chi connectivity index (χ1v) is 9.19. The molecule has 3 rings (SSSR count). The van der Waals surface area contributed by atoms with Crippen LogP contribution in [0.5, 0.6) is 11.5 Å². The topological polar surface area (TPSA) is 104 Å². The molecular formula is C22H21NO7. The van der Waals surface area contributed by atoms with Crippen LogP contribution in [-0.2, 0) is 16.0 Å². The molecule has 30 heavy (non-hydrogen) atoms. The van der Waals surface area contributed by atoms with Crippen LogP contribution < -0.4 is 20.2 Å². The number of amides is 1. The molecule has 8 nitrogen and oxygen atoms in total. The normalized spacial score (nSPS) is 10.5. The van der Waals surface area contributed by atoms with Gasteiger partial charge in [-0.3, -0.25) is 9.59 Å². The molecule has 1 heterocycles. The van der Waals surface area contributed by atoms with E-state index in [4.69, 9.17) is 18.6 Å². The molecule has 3 aromatic rings. The highest BCUT2D eigenvalue weighted by atomic mass is 16.5. The molecule has 0 bridgehead atoms. The van der Waals surface area contributed by atoms with Gasteiger partial charge in [-0.05, 0) is 36.2 Å². The maximum absolute atomic E-state index is 12.1. The van der Waals surface area contributed by atoms with E-state index in [0.717, 1.165) is 11.6 Å². The minimum Gasteiger partial charge on any atom is -0.493 e. The highest BCUT2D eigenvalue weighted by molar-refractivity contribution is 5.90. The summed E-state index contributed by atoms with van der Waals surface area (Å²) in [6.45, 7) is -0.141. The highest BCUT2D eigenvalue weighted by Gasteiger charge is 2.15. The summed E-state index contributed by atoms with van der Waals surface area (Å²) in [6.07, 6.45) is 0.555. The van der Waals surface area contributed by atoms with E-state index in [2.05, 4.69) is 5.32 Å². The Labute approximate surface area is 172 Å². The van der Waals surface area contributed by atoms with Crippen molar-refractivity contribution in [3.8, 4) is 11.5 Å². The van der Waals surface area contributed by atoms with Gasteiger partial charge in [-0.2, -0.15) is 0 Å². The van der Waals surface area contributed by atoms with Crippen LogP contribution in [0.3, 0.4) is 0 Å². The van der Waals surface area contributed by atoms with Gasteiger partial charge in [-0.1, -0.05) is 18.2 Å². The Morgan fingerprint density at radius 1 is 1.00 bits per heavy atom. The van der Waals surface area contributed by atoms with Crippen LogP contribution >= 0.6 is 0 Å². The summed E-state index contributed by atoms with van der Waals surface area (Å²) >= 11 is 0. The monoisotopic (exact) mass is 411 g/mol. The van der Waals surface area contributed by atoms with Crippen molar-refractivity contribution >= 4 is 22.8 Å². The van der Waals surface area contributed by atoms with Crippen molar-refractivity contribution in [2.24, 2.45) is 0 Å². The average molecular weight is 411 g/mol. The Hall–Kier alpha value is -3.81. The van der Waals surface area contributed by atoms with Crippen molar-refractivity contribution < 1.29 is 28.2 Å². The van der Waals surface area contributed by atoms with E-state index in [0.29, 0.717) is 29.9 Å². The quantitative estimate of drug-likeness (QED) is 0.567. The van der Waals surface area contributed by atoms with Gasteiger partial charge in [0.05, 0.1) is 19.6 Å². The lowest BCUT2D eigenvalue weighted by Crippen LogP contribution is -2.30. The highest BCUT2D eigenvalue weighted by Crippen LogP contribution is 2.27. The van der Waals surface area contributed by atoms with Gasteiger partial charge in [-0.15, -0.1) is 0 Å². The second-order valence-corrected chi connectivity index (χ2v) is 6.34. The zero-order valence-corrected chi connectivity index (χ0v) is 16.6. The van der Waals surface area contributed by atoms with Crippen LogP contribution in [0.2, 0.25) is 0 Å². The summed E-state index contributed by atoms with van der Waals surface area (Å²) in [5, 5.41) is 3.03. The smallest absolute Gasteiger partial charge is 0.374 e. The molecule has 0 aliphatic carbocycles. The number of fused-ring (bicyclic) bond motifs is 1. The first-order valence-electron chi connectivity index (χ1n) is 9.19.